The van der Waals surface area contributed by atoms with Crippen LogP contribution in [0.5, 0.6) is 5.75 Å². The Morgan fingerprint density at radius 3 is 2.78 bits per heavy atom. The molecule has 0 saturated carbocycles. The van der Waals surface area contributed by atoms with E-state index in [-0.39, 0.29) is 12.1 Å². The van der Waals surface area contributed by atoms with Crippen LogP contribution >= 0.6 is 0 Å². The highest BCUT2D eigenvalue weighted by atomic mass is 16.5. The molecule has 98 valence electrons. The minimum absolute atomic E-state index is 0.258. The van der Waals surface area contributed by atoms with Gasteiger partial charge >= 0.3 is 5.97 Å². The summed E-state index contributed by atoms with van der Waals surface area (Å²) in [6.45, 7) is 1.24. The smallest absolute Gasteiger partial charge is 0.338 e. The highest BCUT2D eigenvalue weighted by Gasteiger charge is 2.16. The standard InChI is InChI=1S/C14H18O4/c1-16-12-6-4-11(5-7-12)14(15)18-10-8-13-3-2-9-17-13/h4-7,13H,2-3,8-10H2,1H3/t13-/m1/s1. The third kappa shape index (κ3) is 3.47. The van der Waals surface area contributed by atoms with Gasteiger partial charge in [-0.05, 0) is 37.1 Å². The summed E-state index contributed by atoms with van der Waals surface area (Å²) in [7, 11) is 1.59. The molecule has 0 N–H and O–H groups in total. The van der Waals surface area contributed by atoms with Crippen molar-refractivity contribution in [3.63, 3.8) is 0 Å². The van der Waals surface area contributed by atoms with E-state index in [4.69, 9.17) is 14.2 Å². The van der Waals surface area contributed by atoms with Crippen LogP contribution in [0.2, 0.25) is 0 Å². The van der Waals surface area contributed by atoms with Gasteiger partial charge in [-0.3, -0.25) is 0 Å². The summed E-state index contributed by atoms with van der Waals surface area (Å²) >= 11 is 0. The highest BCUT2D eigenvalue weighted by molar-refractivity contribution is 5.89. The van der Waals surface area contributed by atoms with Crippen LogP contribution in [0.4, 0.5) is 0 Å². The predicted octanol–water partition coefficient (Wildman–Crippen LogP) is 2.42. The fourth-order valence-corrected chi connectivity index (χ4v) is 1.97. The second-order valence-corrected chi connectivity index (χ2v) is 4.29. The van der Waals surface area contributed by atoms with Crippen LogP contribution in [0.25, 0.3) is 0 Å². The largest absolute Gasteiger partial charge is 0.497 e. The number of esters is 1. The van der Waals surface area contributed by atoms with E-state index < -0.39 is 0 Å². The van der Waals surface area contributed by atoms with Crippen LogP contribution in [0.1, 0.15) is 29.6 Å². The topological polar surface area (TPSA) is 44.8 Å². The van der Waals surface area contributed by atoms with E-state index in [0.29, 0.717) is 12.2 Å². The summed E-state index contributed by atoms with van der Waals surface area (Å²) in [5, 5.41) is 0. The minimum Gasteiger partial charge on any atom is -0.497 e. The molecular weight excluding hydrogens is 232 g/mol. The molecule has 1 saturated heterocycles. The van der Waals surface area contributed by atoms with Gasteiger partial charge in [-0.1, -0.05) is 0 Å². The molecule has 0 spiro atoms. The lowest BCUT2D eigenvalue weighted by atomic mass is 10.2. The lowest BCUT2D eigenvalue weighted by molar-refractivity contribution is 0.0386. The zero-order valence-electron chi connectivity index (χ0n) is 10.6. The summed E-state index contributed by atoms with van der Waals surface area (Å²) in [4.78, 5) is 11.7. The van der Waals surface area contributed by atoms with E-state index in [2.05, 4.69) is 0 Å². The number of ether oxygens (including phenoxy) is 3. The van der Waals surface area contributed by atoms with E-state index in [9.17, 15) is 4.79 Å². The molecule has 1 aromatic rings. The van der Waals surface area contributed by atoms with Gasteiger partial charge < -0.3 is 14.2 Å². The van der Waals surface area contributed by atoms with Crippen molar-refractivity contribution >= 4 is 5.97 Å². The maximum Gasteiger partial charge on any atom is 0.338 e. The molecule has 1 fully saturated rings. The molecule has 1 atom stereocenters. The van der Waals surface area contributed by atoms with Crippen molar-refractivity contribution in [3.05, 3.63) is 29.8 Å². The molecule has 0 aliphatic carbocycles. The van der Waals surface area contributed by atoms with E-state index in [0.717, 1.165) is 31.6 Å². The first-order valence-electron chi connectivity index (χ1n) is 6.22. The number of hydrogen-bond acceptors (Lipinski definition) is 4. The Balaban J connectivity index is 1.76. The van der Waals surface area contributed by atoms with Gasteiger partial charge in [0.25, 0.3) is 0 Å². The van der Waals surface area contributed by atoms with Crippen LogP contribution < -0.4 is 4.74 Å². The van der Waals surface area contributed by atoms with Gasteiger partial charge in [0, 0.05) is 13.0 Å². The molecule has 1 aliphatic heterocycles. The molecule has 0 radical (unpaired) electrons. The maximum atomic E-state index is 11.7. The lowest BCUT2D eigenvalue weighted by Crippen LogP contribution is -2.12. The lowest BCUT2D eigenvalue weighted by Gasteiger charge is -2.09. The van der Waals surface area contributed by atoms with Crippen molar-refractivity contribution in [2.75, 3.05) is 20.3 Å². The number of benzene rings is 1. The number of carbonyl (C=O) groups is 1. The first-order chi connectivity index (χ1) is 8.79. The Morgan fingerprint density at radius 1 is 1.39 bits per heavy atom. The molecule has 0 bridgehead atoms. The van der Waals surface area contributed by atoms with Crippen molar-refractivity contribution in [3.8, 4) is 5.75 Å². The van der Waals surface area contributed by atoms with Crippen molar-refractivity contribution < 1.29 is 19.0 Å². The number of hydrogen-bond donors (Lipinski definition) is 0. The van der Waals surface area contributed by atoms with Crippen molar-refractivity contribution in [1.29, 1.82) is 0 Å². The molecule has 0 unspecified atom stereocenters. The zero-order valence-corrected chi connectivity index (χ0v) is 10.6. The Bertz CT molecular complexity index is 379. The monoisotopic (exact) mass is 250 g/mol. The van der Waals surface area contributed by atoms with Gasteiger partial charge in [0.1, 0.15) is 5.75 Å². The summed E-state index contributed by atoms with van der Waals surface area (Å²) in [5.74, 6) is 0.432. The Labute approximate surface area is 107 Å². The second kappa shape index (κ2) is 6.40. The fourth-order valence-electron chi connectivity index (χ4n) is 1.97. The fraction of sp³-hybridized carbons (Fsp3) is 0.500. The summed E-state index contributed by atoms with van der Waals surface area (Å²) in [6.07, 6.45) is 3.22. The summed E-state index contributed by atoms with van der Waals surface area (Å²) < 4.78 is 15.7. The average molecular weight is 250 g/mol. The molecule has 0 aromatic heterocycles. The van der Waals surface area contributed by atoms with E-state index in [1.807, 2.05) is 0 Å². The van der Waals surface area contributed by atoms with Crippen LogP contribution in [0.3, 0.4) is 0 Å². The van der Waals surface area contributed by atoms with Gasteiger partial charge in [-0.2, -0.15) is 0 Å². The van der Waals surface area contributed by atoms with Crippen LogP contribution in [0.15, 0.2) is 24.3 Å². The number of carbonyl (C=O) groups excluding carboxylic acids is 1. The van der Waals surface area contributed by atoms with Gasteiger partial charge in [-0.15, -0.1) is 0 Å². The van der Waals surface area contributed by atoms with Gasteiger partial charge in [0.2, 0.25) is 0 Å². The molecule has 1 aromatic carbocycles. The van der Waals surface area contributed by atoms with Gasteiger partial charge in [0.05, 0.1) is 25.4 Å². The minimum atomic E-state index is -0.296. The number of rotatable bonds is 5. The SMILES string of the molecule is COc1ccc(C(=O)OCC[C@H]2CCCO2)cc1. The van der Waals surface area contributed by atoms with Gasteiger partial charge in [0.15, 0.2) is 0 Å². The van der Waals surface area contributed by atoms with E-state index in [1.54, 1.807) is 31.4 Å². The average Bonchev–Trinajstić information content (AvgIpc) is 2.92. The normalized spacial score (nSPS) is 18.6. The third-order valence-corrected chi connectivity index (χ3v) is 3.02. The molecule has 18 heavy (non-hydrogen) atoms. The van der Waals surface area contributed by atoms with Crippen molar-refractivity contribution in [1.82, 2.24) is 0 Å². The second-order valence-electron chi connectivity index (χ2n) is 4.29. The van der Waals surface area contributed by atoms with E-state index >= 15 is 0 Å². The van der Waals surface area contributed by atoms with Crippen molar-refractivity contribution in [2.24, 2.45) is 0 Å². The molecule has 2 rings (SSSR count). The number of methoxy groups -OCH3 is 1. The Hall–Kier alpha value is -1.55. The molecule has 0 amide bonds. The van der Waals surface area contributed by atoms with Gasteiger partial charge in [-0.25, -0.2) is 4.79 Å². The Morgan fingerprint density at radius 2 is 2.17 bits per heavy atom. The first-order valence-corrected chi connectivity index (χ1v) is 6.22. The molecule has 4 nitrogen and oxygen atoms in total. The molecule has 1 aliphatic rings. The van der Waals surface area contributed by atoms with Crippen LogP contribution in [0, 0.1) is 0 Å². The Kier molecular flexibility index (Phi) is 4.59. The van der Waals surface area contributed by atoms with Crippen LogP contribution in [-0.4, -0.2) is 32.4 Å². The summed E-state index contributed by atoms with van der Waals surface area (Å²) in [6, 6.07) is 6.90. The molecular formula is C14H18O4. The van der Waals surface area contributed by atoms with Crippen molar-refractivity contribution in [2.45, 2.75) is 25.4 Å². The third-order valence-electron chi connectivity index (χ3n) is 3.02. The predicted molar refractivity (Wildman–Crippen MR) is 66.9 cm³/mol. The van der Waals surface area contributed by atoms with Crippen LogP contribution in [-0.2, 0) is 9.47 Å². The summed E-state index contributed by atoms with van der Waals surface area (Å²) in [5.41, 5.74) is 0.545. The first kappa shape index (κ1) is 12.9. The van der Waals surface area contributed by atoms with E-state index in [1.165, 1.54) is 0 Å². The zero-order chi connectivity index (χ0) is 12.8. The maximum absolute atomic E-state index is 11.7. The quantitative estimate of drug-likeness (QED) is 0.753. The molecule has 1 heterocycles. The highest BCUT2D eigenvalue weighted by Crippen LogP contribution is 2.16. The molecule has 4 heteroatoms.